The van der Waals surface area contributed by atoms with E-state index in [1.165, 1.54) is 0 Å². The van der Waals surface area contributed by atoms with Gasteiger partial charge in [0.1, 0.15) is 6.54 Å². The molecule has 0 unspecified atom stereocenters. The molecule has 1 aliphatic heterocycles. The number of ether oxygens (including phenoxy) is 1. The third-order valence-electron chi connectivity index (χ3n) is 4.74. The van der Waals surface area contributed by atoms with Crippen molar-refractivity contribution in [2.45, 2.75) is 6.54 Å². The lowest BCUT2D eigenvalue weighted by Gasteiger charge is -2.27. The fourth-order valence-electron chi connectivity index (χ4n) is 3.28. The van der Waals surface area contributed by atoms with Gasteiger partial charge >= 0.3 is 0 Å². The van der Waals surface area contributed by atoms with Gasteiger partial charge in [-0.1, -0.05) is 29.8 Å². The molecule has 3 aromatic rings. The molecule has 2 heterocycles. The van der Waals surface area contributed by atoms with Crippen LogP contribution in [0.3, 0.4) is 0 Å². The topological polar surface area (TPSA) is 46.8 Å². The van der Waals surface area contributed by atoms with Crippen molar-refractivity contribution in [1.82, 2.24) is 9.47 Å². The minimum Gasteiger partial charge on any atom is -0.378 e. The molecule has 1 aromatic heterocycles. The fourth-order valence-corrected chi connectivity index (χ4v) is 3.70. The van der Waals surface area contributed by atoms with Gasteiger partial charge in [-0.3, -0.25) is 9.79 Å². The first-order chi connectivity index (χ1) is 13.6. The number of amides is 1. The van der Waals surface area contributed by atoms with E-state index in [2.05, 4.69) is 20.9 Å². The van der Waals surface area contributed by atoms with Crippen molar-refractivity contribution in [3.63, 3.8) is 0 Å². The lowest BCUT2D eigenvalue weighted by atomic mass is 10.2. The van der Waals surface area contributed by atoms with E-state index >= 15 is 0 Å². The molecule has 0 N–H and O–H groups in total. The number of hydrogen-bond acceptors (Lipinski definition) is 3. The van der Waals surface area contributed by atoms with Crippen molar-refractivity contribution >= 4 is 56.2 Å². The maximum atomic E-state index is 12.7. The number of morpholine rings is 1. The minimum atomic E-state index is 0.104. The average Bonchev–Trinajstić information content (AvgIpc) is 3.07. The van der Waals surface area contributed by atoms with E-state index in [9.17, 15) is 4.79 Å². The van der Waals surface area contributed by atoms with Gasteiger partial charge in [0.2, 0.25) is 5.91 Å². The molecule has 0 aliphatic carbocycles. The molecule has 1 fully saturated rings. The normalized spacial score (nSPS) is 14.9. The molecule has 0 spiro atoms. The lowest BCUT2D eigenvalue weighted by molar-refractivity contribution is -0.135. The van der Waals surface area contributed by atoms with Crippen LogP contribution in [0.15, 0.2) is 58.1 Å². The largest absolute Gasteiger partial charge is 0.378 e. The van der Waals surface area contributed by atoms with Crippen LogP contribution >= 0.6 is 27.5 Å². The van der Waals surface area contributed by atoms with Crippen LogP contribution < -0.4 is 0 Å². The zero-order chi connectivity index (χ0) is 19.5. The Bertz CT molecular complexity index is 1040. The maximum Gasteiger partial charge on any atom is 0.242 e. The summed E-state index contributed by atoms with van der Waals surface area (Å²) >= 11 is 9.54. The van der Waals surface area contributed by atoms with E-state index in [-0.39, 0.29) is 5.91 Å². The molecule has 0 radical (unpaired) electrons. The summed E-state index contributed by atoms with van der Waals surface area (Å²) < 4.78 is 8.16. The molecule has 2 aromatic carbocycles. The zero-order valence-electron chi connectivity index (χ0n) is 15.1. The number of para-hydroxylation sites is 1. The molecule has 1 amide bonds. The van der Waals surface area contributed by atoms with Crippen LogP contribution in [0.25, 0.3) is 10.9 Å². The van der Waals surface area contributed by atoms with E-state index < -0.39 is 0 Å². The van der Waals surface area contributed by atoms with Gasteiger partial charge < -0.3 is 14.2 Å². The Morgan fingerprint density at radius 2 is 2.00 bits per heavy atom. The summed E-state index contributed by atoms with van der Waals surface area (Å²) in [6.45, 7) is 2.81. The molecular formula is C21H19BrClN3O2. The van der Waals surface area contributed by atoms with Crippen LogP contribution in [0, 0.1) is 0 Å². The second kappa shape index (κ2) is 8.47. The Hall–Kier alpha value is -2.15. The van der Waals surface area contributed by atoms with Crippen LogP contribution in [0.2, 0.25) is 5.02 Å². The quantitative estimate of drug-likeness (QED) is 0.531. The number of rotatable bonds is 4. The second-order valence-electron chi connectivity index (χ2n) is 6.58. The molecule has 5 nitrogen and oxygen atoms in total. The van der Waals surface area contributed by atoms with E-state index in [1.54, 1.807) is 0 Å². The number of carbonyl (C=O) groups is 1. The third-order valence-corrected chi connectivity index (χ3v) is 5.98. The summed E-state index contributed by atoms with van der Waals surface area (Å²) in [6, 6.07) is 13.6. The van der Waals surface area contributed by atoms with Crippen molar-refractivity contribution in [3.05, 3.63) is 63.7 Å². The molecule has 1 aliphatic rings. The van der Waals surface area contributed by atoms with Crippen molar-refractivity contribution in [2.24, 2.45) is 4.99 Å². The number of fused-ring (bicyclic) bond motifs is 1. The number of halogens is 2. The highest BCUT2D eigenvalue weighted by Gasteiger charge is 2.18. The van der Waals surface area contributed by atoms with Gasteiger partial charge in [-0.25, -0.2) is 0 Å². The van der Waals surface area contributed by atoms with Gasteiger partial charge in [0.05, 0.1) is 23.9 Å². The smallest absolute Gasteiger partial charge is 0.242 e. The first-order valence-corrected chi connectivity index (χ1v) is 10.2. The predicted octanol–water partition coefficient (Wildman–Crippen LogP) is 4.67. The number of nitrogens with zero attached hydrogens (tertiary/aromatic N) is 3. The number of hydrogen-bond donors (Lipinski definition) is 0. The van der Waals surface area contributed by atoms with Crippen LogP contribution in [-0.2, 0) is 16.1 Å². The first kappa shape index (κ1) is 19.2. The van der Waals surface area contributed by atoms with Crippen molar-refractivity contribution in [2.75, 3.05) is 26.3 Å². The van der Waals surface area contributed by atoms with Crippen molar-refractivity contribution in [3.8, 4) is 0 Å². The molecule has 1 saturated heterocycles. The average molecular weight is 461 g/mol. The second-order valence-corrected chi connectivity index (χ2v) is 7.84. The zero-order valence-corrected chi connectivity index (χ0v) is 17.5. The maximum absolute atomic E-state index is 12.7. The highest BCUT2D eigenvalue weighted by atomic mass is 79.9. The monoisotopic (exact) mass is 459 g/mol. The lowest BCUT2D eigenvalue weighted by Crippen LogP contribution is -2.42. The Morgan fingerprint density at radius 3 is 2.79 bits per heavy atom. The Labute approximate surface area is 176 Å². The Balaban J connectivity index is 1.61. The van der Waals surface area contributed by atoms with Gasteiger partial charge in [0, 0.05) is 46.4 Å². The van der Waals surface area contributed by atoms with Gasteiger partial charge in [0.15, 0.2) is 0 Å². The molecule has 0 bridgehead atoms. The van der Waals surface area contributed by atoms with E-state index in [0.717, 1.165) is 26.6 Å². The van der Waals surface area contributed by atoms with Gasteiger partial charge in [0.25, 0.3) is 0 Å². The fraction of sp³-hybridized carbons (Fsp3) is 0.238. The molecule has 28 heavy (non-hydrogen) atoms. The molecule has 0 atom stereocenters. The number of carbonyl (C=O) groups excluding carboxylic acids is 1. The van der Waals surface area contributed by atoms with E-state index in [4.69, 9.17) is 16.3 Å². The molecule has 7 heteroatoms. The molecular weight excluding hydrogens is 442 g/mol. The highest BCUT2D eigenvalue weighted by Crippen LogP contribution is 2.27. The van der Waals surface area contributed by atoms with Gasteiger partial charge in [-0.15, -0.1) is 0 Å². The SMILES string of the molecule is O=C(Cn1cc(C=Nc2ccc(Br)c(Cl)c2)c2ccccc21)N1CCOCC1. The predicted molar refractivity (Wildman–Crippen MR) is 116 cm³/mol. The summed E-state index contributed by atoms with van der Waals surface area (Å²) in [7, 11) is 0. The summed E-state index contributed by atoms with van der Waals surface area (Å²) in [4.78, 5) is 19.1. The molecule has 144 valence electrons. The van der Waals surface area contributed by atoms with Gasteiger partial charge in [-0.2, -0.15) is 0 Å². The minimum absolute atomic E-state index is 0.104. The highest BCUT2D eigenvalue weighted by molar-refractivity contribution is 9.10. The first-order valence-electron chi connectivity index (χ1n) is 9.04. The summed E-state index contributed by atoms with van der Waals surface area (Å²) in [5.41, 5.74) is 2.75. The van der Waals surface area contributed by atoms with E-state index in [0.29, 0.717) is 37.9 Å². The number of aliphatic imine (C=N–C) groups is 1. The van der Waals surface area contributed by atoms with Crippen LogP contribution in [-0.4, -0.2) is 47.9 Å². The van der Waals surface area contributed by atoms with Crippen LogP contribution in [0.5, 0.6) is 0 Å². The Morgan fingerprint density at radius 1 is 1.21 bits per heavy atom. The van der Waals surface area contributed by atoms with E-state index in [1.807, 2.05) is 64.3 Å². The van der Waals surface area contributed by atoms with Gasteiger partial charge in [-0.05, 0) is 40.2 Å². The standard InChI is InChI=1S/C21H19BrClN3O2/c22-18-6-5-16(11-19(18)23)24-12-15-13-26(20-4-2-1-3-17(15)20)14-21(27)25-7-9-28-10-8-25/h1-6,11-13H,7-10,14H2. The summed E-state index contributed by atoms with van der Waals surface area (Å²) in [5.74, 6) is 0.104. The molecule has 4 rings (SSSR count). The van der Waals surface area contributed by atoms with Crippen LogP contribution in [0.1, 0.15) is 5.56 Å². The summed E-state index contributed by atoms with van der Waals surface area (Å²) in [5, 5.41) is 1.68. The Kier molecular flexibility index (Phi) is 5.80. The summed E-state index contributed by atoms with van der Waals surface area (Å²) in [6.07, 6.45) is 3.80. The number of aromatic nitrogens is 1. The van der Waals surface area contributed by atoms with Crippen molar-refractivity contribution < 1.29 is 9.53 Å². The third kappa shape index (κ3) is 4.14. The van der Waals surface area contributed by atoms with Crippen LogP contribution in [0.4, 0.5) is 5.69 Å². The molecule has 0 saturated carbocycles. The number of benzene rings is 2. The van der Waals surface area contributed by atoms with Crippen molar-refractivity contribution in [1.29, 1.82) is 0 Å².